The summed E-state index contributed by atoms with van der Waals surface area (Å²) in [7, 11) is 0. The van der Waals surface area contributed by atoms with E-state index < -0.39 is 0 Å². The molecule has 1 saturated heterocycles. The molecule has 0 saturated carbocycles. The van der Waals surface area contributed by atoms with E-state index in [-0.39, 0.29) is 6.04 Å². The third-order valence-corrected chi connectivity index (χ3v) is 5.15. The van der Waals surface area contributed by atoms with E-state index in [9.17, 15) is 5.11 Å². The first-order chi connectivity index (χ1) is 12.2. The molecule has 0 radical (unpaired) electrons. The molecule has 2 aliphatic rings. The van der Waals surface area contributed by atoms with Gasteiger partial charge in [0.25, 0.3) is 0 Å². The Morgan fingerprint density at radius 1 is 1.16 bits per heavy atom. The monoisotopic (exact) mass is 335 g/mol. The molecule has 2 aromatic rings. The lowest BCUT2D eigenvalue weighted by Gasteiger charge is -2.24. The standard InChI is InChI=1S/C21H25N3O/c1-15-4-6-18-19(8-9-22-20(18)12-15)23-17-5-7-21(25)16(13-17)14-24-10-2-3-11-24/h4-7,9,12-13,19,23,25H,2-3,8,10-11,14H2,1H3. The fraction of sp³-hybridized carbons (Fsp3) is 0.381. The molecule has 0 spiro atoms. The van der Waals surface area contributed by atoms with Crippen LogP contribution < -0.4 is 5.32 Å². The predicted molar refractivity (Wildman–Crippen MR) is 103 cm³/mol. The molecular weight excluding hydrogens is 310 g/mol. The summed E-state index contributed by atoms with van der Waals surface area (Å²) in [5, 5.41) is 13.8. The molecule has 2 aromatic carbocycles. The van der Waals surface area contributed by atoms with Gasteiger partial charge in [0.1, 0.15) is 5.75 Å². The van der Waals surface area contributed by atoms with Crippen LogP contribution in [-0.4, -0.2) is 29.3 Å². The van der Waals surface area contributed by atoms with Gasteiger partial charge in [-0.3, -0.25) is 9.89 Å². The van der Waals surface area contributed by atoms with Gasteiger partial charge in [0.05, 0.1) is 11.7 Å². The van der Waals surface area contributed by atoms with Gasteiger partial charge < -0.3 is 10.4 Å². The number of rotatable bonds is 4. The van der Waals surface area contributed by atoms with Gasteiger partial charge in [-0.05, 0) is 62.7 Å². The Labute approximate surface area is 149 Å². The molecule has 2 N–H and O–H groups in total. The first-order valence-electron chi connectivity index (χ1n) is 9.13. The molecule has 130 valence electrons. The van der Waals surface area contributed by atoms with Crippen molar-refractivity contribution < 1.29 is 5.11 Å². The van der Waals surface area contributed by atoms with Crippen molar-refractivity contribution in [1.82, 2.24) is 4.90 Å². The minimum atomic E-state index is 0.220. The number of aromatic hydroxyl groups is 1. The normalized spacial score (nSPS) is 19.8. The fourth-order valence-corrected chi connectivity index (χ4v) is 3.77. The lowest BCUT2D eigenvalue weighted by Crippen LogP contribution is -2.19. The SMILES string of the molecule is Cc1ccc2c(c1)N=CCC2Nc1ccc(O)c(CN2CCCC2)c1. The molecule has 0 aliphatic carbocycles. The Balaban J connectivity index is 1.54. The van der Waals surface area contributed by atoms with E-state index >= 15 is 0 Å². The molecule has 0 bridgehead atoms. The topological polar surface area (TPSA) is 47.9 Å². The van der Waals surface area contributed by atoms with Gasteiger partial charge in [-0.15, -0.1) is 0 Å². The molecule has 4 nitrogen and oxygen atoms in total. The molecule has 2 aliphatic heterocycles. The van der Waals surface area contributed by atoms with Crippen molar-refractivity contribution >= 4 is 17.6 Å². The van der Waals surface area contributed by atoms with Crippen LogP contribution in [-0.2, 0) is 6.54 Å². The molecule has 0 amide bonds. The van der Waals surface area contributed by atoms with Crippen LogP contribution in [0, 0.1) is 6.92 Å². The largest absolute Gasteiger partial charge is 0.508 e. The Bertz CT molecular complexity index is 794. The second-order valence-corrected chi connectivity index (χ2v) is 7.13. The molecule has 1 fully saturated rings. The van der Waals surface area contributed by atoms with Gasteiger partial charge in [0.15, 0.2) is 0 Å². The zero-order valence-corrected chi connectivity index (χ0v) is 14.7. The van der Waals surface area contributed by atoms with Crippen LogP contribution in [0.3, 0.4) is 0 Å². The number of hydrogen-bond donors (Lipinski definition) is 2. The predicted octanol–water partition coefficient (Wildman–Crippen LogP) is 4.56. The number of aliphatic imine (C=N–C) groups is 1. The Morgan fingerprint density at radius 2 is 2.00 bits per heavy atom. The van der Waals surface area contributed by atoms with Crippen LogP contribution in [0.25, 0.3) is 0 Å². The quantitative estimate of drug-likeness (QED) is 0.806. The van der Waals surface area contributed by atoms with E-state index in [0.29, 0.717) is 5.75 Å². The van der Waals surface area contributed by atoms with Crippen molar-refractivity contribution in [2.45, 2.75) is 38.8 Å². The van der Waals surface area contributed by atoms with Crippen LogP contribution >= 0.6 is 0 Å². The zero-order valence-electron chi connectivity index (χ0n) is 14.7. The maximum absolute atomic E-state index is 10.2. The lowest BCUT2D eigenvalue weighted by molar-refractivity contribution is 0.324. The molecule has 0 aromatic heterocycles. The molecular formula is C21H25N3O. The molecule has 1 unspecified atom stereocenters. The number of benzene rings is 2. The third-order valence-electron chi connectivity index (χ3n) is 5.15. The summed E-state index contributed by atoms with van der Waals surface area (Å²) in [6.07, 6.45) is 5.38. The zero-order chi connectivity index (χ0) is 17.2. The van der Waals surface area contributed by atoms with E-state index in [1.165, 1.54) is 24.0 Å². The van der Waals surface area contributed by atoms with E-state index in [2.05, 4.69) is 46.4 Å². The van der Waals surface area contributed by atoms with Gasteiger partial charge in [-0.2, -0.15) is 0 Å². The highest BCUT2D eigenvalue weighted by Crippen LogP contribution is 2.35. The number of phenolic OH excluding ortho intramolecular Hbond substituents is 1. The van der Waals surface area contributed by atoms with Crippen LogP contribution in [0.15, 0.2) is 41.4 Å². The smallest absolute Gasteiger partial charge is 0.120 e. The van der Waals surface area contributed by atoms with Gasteiger partial charge in [-0.25, -0.2) is 0 Å². The molecule has 4 rings (SSSR count). The number of nitrogens with one attached hydrogen (secondary N) is 1. The van der Waals surface area contributed by atoms with E-state index in [1.54, 1.807) is 6.07 Å². The highest BCUT2D eigenvalue weighted by Gasteiger charge is 2.19. The van der Waals surface area contributed by atoms with Crippen molar-refractivity contribution in [1.29, 1.82) is 0 Å². The molecule has 4 heteroatoms. The Kier molecular flexibility index (Phi) is 4.45. The van der Waals surface area contributed by atoms with Crippen molar-refractivity contribution in [3.8, 4) is 5.75 Å². The van der Waals surface area contributed by atoms with Gasteiger partial charge in [-0.1, -0.05) is 12.1 Å². The summed E-state index contributed by atoms with van der Waals surface area (Å²) in [5.74, 6) is 0.388. The lowest BCUT2D eigenvalue weighted by atomic mass is 9.97. The number of nitrogens with zero attached hydrogens (tertiary/aromatic N) is 2. The maximum Gasteiger partial charge on any atom is 0.120 e. The maximum atomic E-state index is 10.2. The van der Waals surface area contributed by atoms with Crippen LogP contribution in [0.5, 0.6) is 5.75 Å². The van der Waals surface area contributed by atoms with Crippen molar-refractivity contribution in [2.24, 2.45) is 4.99 Å². The summed E-state index contributed by atoms with van der Waals surface area (Å²) in [4.78, 5) is 6.94. The van der Waals surface area contributed by atoms with Crippen LogP contribution in [0.1, 0.15) is 42.0 Å². The van der Waals surface area contributed by atoms with Gasteiger partial charge in [0.2, 0.25) is 0 Å². The first-order valence-corrected chi connectivity index (χ1v) is 9.13. The van der Waals surface area contributed by atoms with E-state index in [1.807, 2.05) is 12.3 Å². The highest BCUT2D eigenvalue weighted by atomic mass is 16.3. The Morgan fingerprint density at radius 3 is 2.84 bits per heavy atom. The number of anilines is 1. The van der Waals surface area contributed by atoms with Gasteiger partial charge >= 0.3 is 0 Å². The van der Waals surface area contributed by atoms with E-state index in [0.717, 1.165) is 43.0 Å². The second kappa shape index (κ2) is 6.89. The summed E-state index contributed by atoms with van der Waals surface area (Å²) in [6, 6.07) is 12.5. The number of hydrogen-bond acceptors (Lipinski definition) is 4. The molecule has 2 heterocycles. The van der Waals surface area contributed by atoms with E-state index in [4.69, 9.17) is 0 Å². The summed E-state index contributed by atoms with van der Waals surface area (Å²) in [6.45, 7) is 5.17. The second-order valence-electron chi connectivity index (χ2n) is 7.13. The van der Waals surface area contributed by atoms with Crippen molar-refractivity contribution in [3.63, 3.8) is 0 Å². The summed E-state index contributed by atoms with van der Waals surface area (Å²) >= 11 is 0. The minimum absolute atomic E-state index is 0.220. The number of likely N-dealkylation sites (tertiary alicyclic amines) is 1. The van der Waals surface area contributed by atoms with Crippen LogP contribution in [0.4, 0.5) is 11.4 Å². The average molecular weight is 335 g/mol. The number of phenols is 1. The van der Waals surface area contributed by atoms with Crippen molar-refractivity contribution in [2.75, 3.05) is 18.4 Å². The van der Waals surface area contributed by atoms with Crippen molar-refractivity contribution in [3.05, 3.63) is 53.1 Å². The summed E-state index contributed by atoms with van der Waals surface area (Å²) in [5.41, 5.74) is 5.58. The number of aryl methyl sites for hydroxylation is 1. The number of fused-ring (bicyclic) bond motifs is 1. The fourth-order valence-electron chi connectivity index (χ4n) is 3.77. The highest BCUT2D eigenvalue weighted by molar-refractivity contribution is 5.72. The first kappa shape index (κ1) is 16.2. The molecule has 25 heavy (non-hydrogen) atoms. The summed E-state index contributed by atoms with van der Waals surface area (Å²) < 4.78 is 0. The van der Waals surface area contributed by atoms with Gasteiger partial charge in [0, 0.05) is 36.0 Å². The third kappa shape index (κ3) is 3.54. The van der Waals surface area contributed by atoms with Crippen LogP contribution in [0.2, 0.25) is 0 Å². The average Bonchev–Trinajstić information content (AvgIpc) is 3.11. The minimum Gasteiger partial charge on any atom is -0.508 e. The molecule has 1 atom stereocenters. The Hall–Kier alpha value is -2.33.